The Morgan fingerprint density at radius 3 is 2.53 bits per heavy atom. The highest BCUT2D eigenvalue weighted by atomic mass is 35.5. The van der Waals surface area contributed by atoms with Crippen molar-refractivity contribution in [3.8, 4) is 0 Å². The third kappa shape index (κ3) is 4.20. The minimum absolute atomic E-state index is 0.175. The van der Waals surface area contributed by atoms with Crippen molar-refractivity contribution in [2.45, 2.75) is 19.3 Å². The number of hydrogen-bond donors (Lipinski definition) is 1. The van der Waals surface area contributed by atoms with Crippen molar-refractivity contribution in [3.05, 3.63) is 34.9 Å². The Morgan fingerprint density at radius 2 is 1.95 bits per heavy atom. The molecule has 0 aliphatic carbocycles. The van der Waals surface area contributed by atoms with Gasteiger partial charge in [0, 0.05) is 18.1 Å². The van der Waals surface area contributed by atoms with Crippen LogP contribution in [0, 0.1) is 5.92 Å². The van der Waals surface area contributed by atoms with Crippen LogP contribution in [-0.4, -0.2) is 30.5 Å². The van der Waals surface area contributed by atoms with Gasteiger partial charge in [-0.05, 0) is 36.5 Å². The van der Waals surface area contributed by atoms with E-state index in [1.807, 2.05) is 29.2 Å². The number of halogens is 1. The predicted octanol–water partition coefficient (Wildman–Crippen LogP) is 2.01. The SMILES string of the molecule is NOCC1CCN(C(=O)Cc2ccc(Cl)cc2)CC1. The molecule has 2 rings (SSSR count). The van der Waals surface area contributed by atoms with Crippen molar-refractivity contribution in [2.75, 3.05) is 19.7 Å². The Bertz CT molecular complexity index is 414. The van der Waals surface area contributed by atoms with Gasteiger partial charge in [-0.1, -0.05) is 23.7 Å². The summed E-state index contributed by atoms with van der Waals surface area (Å²) in [6, 6.07) is 7.43. The van der Waals surface area contributed by atoms with Crippen LogP contribution in [0.1, 0.15) is 18.4 Å². The monoisotopic (exact) mass is 282 g/mol. The van der Waals surface area contributed by atoms with Crippen LogP contribution in [0.3, 0.4) is 0 Å². The molecule has 19 heavy (non-hydrogen) atoms. The normalized spacial score (nSPS) is 16.6. The molecule has 0 saturated carbocycles. The summed E-state index contributed by atoms with van der Waals surface area (Å²) in [7, 11) is 0. The van der Waals surface area contributed by atoms with E-state index in [4.69, 9.17) is 17.5 Å². The van der Waals surface area contributed by atoms with E-state index in [0.29, 0.717) is 24.0 Å². The lowest BCUT2D eigenvalue weighted by molar-refractivity contribution is -0.132. The van der Waals surface area contributed by atoms with E-state index < -0.39 is 0 Å². The van der Waals surface area contributed by atoms with E-state index >= 15 is 0 Å². The summed E-state index contributed by atoms with van der Waals surface area (Å²) in [5, 5.41) is 0.693. The third-order valence-electron chi connectivity index (χ3n) is 3.57. The molecule has 0 atom stereocenters. The summed E-state index contributed by atoms with van der Waals surface area (Å²) < 4.78 is 0. The Hall–Kier alpha value is -1.10. The lowest BCUT2D eigenvalue weighted by atomic mass is 9.97. The second-order valence-electron chi connectivity index (χ2n) is 4.96. The molecule has 0 bridgehead atoms. The first-order valence-corrected chi connectivity index (χ1v) is 6.90. The molecule has 1 aliphatic rings. The number of amides is 1. The Balaban J connectivity index is 1.83. The highest BCUT2D eigenvalue weighted by molar-refractivity contribution is 6.30. The maximum Gasteiger partial charge on any atom is 0.226 e. The van der Waals surface area contributed by atoms with Crippen molar-refractivity contribution >= 4 is 17.5 Å². The Kier molecular flexibility index (Phi) is 5.19. The van der Waals surface area contributed by atoms with Gasteiger partial charge in [-0.3, -0.25) is 4.79 Å². The maximum atomic E-state index is 12.2. The molecule has 0 aromatic heterocycles. The molecular formula is C14H19ClN2O2. The Labute approximate surface area is 118 Å². The summed E-state index contributed by atoms with van der Waals surface area (Å²) in [5.41, 5.74) is 1.00. The van der Waals surface area contributed by atoms with Crippen LogP contribution in [0.4, 0.5) is 0 Å². The van der Waals surface area contributed by atoms with Crippen LogP contribution in [0.5, 0.6) is 0 Å². The van der Waals surface area contributed by atoms with Crippen molar-refractivity contribution in [3.63, 3.8) is 0 Å². The fourth-order valence-electron chi connectivity index (χ4n) is 2.37. The summed E-state index contributed by atoms with van der Waals surface area (Å²) >= 11 is 5.83. The number of benzene rings is 1. The van der Waals surface area contributed by atoms with Gasteiger partial charge >= 0.3 is 0 Å². The number of carbonyl (C=O) groups is 1. The average Bonchev–Trinajstić information content (AvgIpc) is 2.42. The van der Waals surface area contributed by atoms with Crippen LogP contribution in [0.15, 0.2) is 24.3 Å². The summed E-state index contributed by atoms with van der Waals surface area (Å²) in [4.78, 5) is 18.7. The zero-order chi connectivity index (χ0) is 13.7. The minimum Gasteiger partial charge on any atom is -0.342 e. The largest absolute Gasteiger partial charge is 0.342 e. The number of piperidine rings is 1. The molecule has 1 amide bonds. The number of rotatable bonds is 4. The van der Waals surface area contributed by atoms with Crippen molar-refractivity contribution in [2.24, 2.45) is 11.8 Å². The van der Waals surface area contributed by atoms with Crippen molar-refractivity contribution < 1.29 is 9.63 Å². The molecule has 1 fully saturated rings. The van der Waals surface area contributed by atoms with Gasteiger partial charge in [0.25, 0.3) is 0 Å². The first kappa shape index (κ1) is 14.3. The molecule has 1 aliphatic heterocycles. The second kappa shape index (κ2) is 6.89. The molecule has 1 heterocycles. The smallest absolute Gasteiger partial charge is 0.226 e. The summed E-state index contributed by atoms with van der Waals surface area (Å²) in [6.45, 7) is 2.17. The fraction of sp³-hybridized carbons (Fsp3) is 0.500. The third-order valence-corrected chi connectivity index (χ3v) is 3.82. The van der Waals surface area contributed by atoms with E-state index in [1.165, 1.54) is 0 Å². The number of carbonyl (C=O) groups excluding carboxylic acids is 1. The fourth-order valence-corrected chi connectivity index (χ4v) is 2.50. The number of nitrogens with zero attached hydrogens (tertiary/aromatic N) is 1. The van der Waals surface area contributed by atoms with E-state index in [1.54, 1.807) is 0 Å². The molecule has 1 aromatic carbocycles. The van der Waals surface area contributed by atoms with E-state index in [-0.39, 0.29) is 5.91 Å². The molecule has 2 N–H and O–H groups in total. The molecule has 1 saturated heterocycles. The van der Waals surface area contributed by atoms with Crippen LogP contribution >= 0.6 is 11.6 Å². The van der Waals surface area contributed by atoms with Gasteiger partial charge in [0.15, 0.2) is 0 Å². The van der Waals surface area contributed by atoms with Gasteiger partial charge in [-0.15, -0.1) is 0 Å². The standard InChI is InChI=1S/C14H19ClN2O2/c15-13-3-1-11(2-4-13)9-14(18)17-7-5-12(6-8-17)10-19-16/h1-4,12H,5-10,16H2. The van der Waals surface area contributed by atoms with Gasteiger partial charge in [0.1, 0.15) is 0 Å². The predicted molar refractivity (Wildman–Crippen MR) is 74.6 cm³/mol. The number of nitrogens with two attached hydrogens (primary N) is 1. The average molecular weight is 283 g/mol. The molecule has 0 spiro atoms. The van der Waals surface area contributed by atoms with Gasteiger partial charge < -0.3 is 9.74 Å². The summed E-state index contributed by atoms with van der Waals surface area (Å²) in [5.74, 6) is 5.73. The number of likely N-dealkylation sites (tertiary alicyclic amines) is 1. The quantitative estimate of drug-likeness (QED) is 0.860. The molecule has 104 valence electrons. The van der Waals surface area contributed by atoms with E-state index in [2.05, 4.69) is 4.84 Å². The lowest BCUT2D eigenvalue weighted by Crippen LogP contribution is -2.40. The first-order chi connectivity index (χ1) is 9.19. The summed E-state index contributed by atoms with van der Waals surface area (Å²) in [6.07, 6.45) is 2.36. The van der Waals surface area contributed by atoms with Gasteiger partial charge in [0.2, 0.25) is 5.91 Å². The van der Waals surface area contributed by atoms with Gasteiger partial charge in [-0.2, -0.15) is 0 Å². The van der Waals surface area contributed by atoms with Crippen molar-refractivity contribution in [1.29, 1.82) is 0 Å². The van der Waals surface area contributed by atoms with Gasteiger partial charge in [0.05, 0.1) is 13.0 Å². The van der Waals surface area contributed by atoms with E-state index in [9.17, 15) is 4.79 Å². The molecule has 5 heteroatoms. The van der Waals surface area contributed by atoms with Crippen LogP contribution in [0.2, 0.25) is 5.02 Å². The highest BCUT2D eigenvalue weighted by Crippen LogP contribution is 2.18. The lowest BCUT2D eigenvalue weighted by Gasteiger charge is -2.31. The molecule has 1 aromatic rings. The van der Waals surface area contributed by atoms with Gasteiger partial charge in [-0.25, -0.2) is 5.90 Å². The maximum absolute atomic E-state index is 12.2. The van der Waals surface area contributed by atoms with E-state index in [0.717, 1.165) is 31.5 Å². The van der Waals surface area contributed by atoms with Crippen LogP contribution < -0.4 is 5.90 Å². The second-order valence-corrected chi connectivity index (χ2v) is 5.40. The Morgan fingerprint density at radius 1 is 1.32 bits per heavy atom. The zero-order valence-corrected chi connectivity index (χ0v) is 11.6. The molecule has 0 radical (unpaired) electrons. The highest BCUT2D eigenvalue weighted by Gasteiger charge is 2.22. The molecular weight excluding hydrogens is 264 g/mol. The topological polar surface area (TPSA) is 55.6 Å². The van der Waals surface area contributed by atoms with Crippen LogP contribution in [-0.2, 0) is 16.1 Å². The molecule has 0 unspecified atom stereocenters. The number of hydrogen-bond acceptors (Lipinski definition) is 3. The van der Waals surface area contributed by atoms with Crippen LogP contribution in [0.25, 0.3) is 0 Å². The van der Waals surface area contributed by atoms with Crippen molar-refractivity contribution in [1.82, 2.24) is 4.90 Å². The zero-order valence-electron chi connectivity index (χ0n) is 10.8. The molecule has 4 nitrogen and oxygen atoms in total. The minimum atomic E-state index is 0.175. The first-order valence-electron chi connectivity index (χ1n) is 6.53.